The Kier molecular flexibility index (Phi) is 10.5. The quantitative estimate of drug-likeness (QED) is 0.368. The number of hydrogen-bond acceptors (Lipinski definition) is 4. The van der Waals surface area contributed by atoms with Crippen LogP contribution in [0.1, 0.15) is 29.5 Å². The predicted octanol–water partition coefficient (Wildman–Crippen LogP) is 1.99. The molecule has 0 unspecified atom stereocenters. The minimum Gasteiger partial charge on any atom is -0.384 e. The molecule has 31 heavy (non-hydrogen) atoms. The lowest BCUT2D eigenvalue weighted by atomic mass is 10.1. The van der Waals surface area contributed by atoms with Crippen molar-refractivity contribution in [3.05, 3.63) is 71.3 Å². The zero-order valence-corrected chi connectivity index (χ0v) is 18.8. The fraction of sp³-hybridized carbons (Fsp3) is 0.318. The number of nitrogen functional groups attached to an aromatic ring is 1. The third-order valence-electron chi connectivity index (χ3n) is 5.19. The summed E-state index contributed by atoms with van der Waals surface area (Å²) in [5.74, 6) is -0.344. The molecule has 9 heteroatoms. The van der Waals surface area contributed by atoms with E-state index in [2.05, 4.69) is 5.32 Å². The summed E-state index contributed by atoms with van der Waals surface area (Å²) in [7, 11) is 0. The molecule has 2 atom stereocenters. The molecule has 6 N–H and O–H groups in total. The molecular weight excluding hydrogens is 437 g/mol. The molecule has 0 aromatic heterocycles. The maximum Gasteiger partial charge on any atom is 0.243 e. The summed E-state index contributed by atoms with van der Waals surface area (Å²) in [6.45, 7) is 0.901. The Hall–Kier alpha value is -2.61. The fourth-order valence-electron chi connectivity index (χ4n) is 3.58. The van der Waals surface area contributed by atoms with Gasteiger partial charge in [-0.1, -0.05) is 54.6 Å². The normalized spacial score (nSPS) is 15.9. The van der Waals surface area contributed by atoms with Gasteiger partial charge in [-0.15, -0.1) is 24.8 Å². The largest absolute Gasteiger partial charge is 0.384 e. The molecule has 1 fully saturated rings. The van der Waals surface area contributed by atoms with Crippen LogP contribution >= 0.6 is 24.8 Å². The number of nitrogens with one attached hydrogen (secondary N) is 2. The highest BCUT2D eigenvalue weighted by molar-refractivity contribution is 5.95. The topological polar surface area (TPSA) is 125 Å². The Morgan fingerprint density at radius 1 is 1.06 bits per heavy atom. The molecule has 168 valence electrons. The molecule has 1 saturated heterocycles. The lowest BCUT2D eigenvalue weighted by Crippen LogP contribution is -2.51. The van der Waals surface area contributed by atoms with Gasteiger partial charge in [0.05, 0.1) is 6.04 Å². The van der Waals surface area contributed by atoms with Crippen molar-refractivity contribution in [2.45, 2.75) is 37.9 Å². The molecule has 0 aliphatic carbocycles. The van der Waals surface area contributed by atoms with E-state index in [9.17, 15) is 9.59 Å². The number of nitrogens with zero attached hydrogens (tertiary/aromatic N) is 1. The molecule has 3 rings (SSSR count). The van der Waals surface area contributed by atoms with Crippen LogP contribution < -0.4 is 16.8 Å². The van der Waals surface area contributed by atoms with Gasteiger partial charge in [-0.2, -0.15) is 0 Å². The maximum absolute atomic E-state index is 12.8. The number of likely N-dealkylation sites (tertiary alicyclic amines) is 1. The second-order valence-corrected chi connectivity index (χ2v) is 7.31. The van der Waals surface area contributed by atoms with Crippen LogP contribution in [0.15, 0.2) is 54.6 Å². The zero-order valence-electron chi connectivity index (χ0n) is 17.1. The minimum atomic E-state index is -0.662. The Balaban J connectivity index is 0.00000240. The van der Waals surface area contributed by atoms with Crippen LogP contribution in [-0.2, 0) is 22.6 Å². The first-order valence-corrected chi connectivity index (χ1v) is 9.76. The Morgan fingerprint density at radius 3 is 2.32 bits per heavy atom. The second kappa shape index (κ2) is 12.3. The number of rotatable bonds is 7. The molecule has 1 aliphatic heterocycles. The van der Waals surface area contributed by atoms with E-state index < -0.39 is 12.1 Å². The standard InChI is InChI=1S/C22H27N5O2.2ClH/c23-18(13-15-5-2-1-3-6-15)22(29)27-12-4-7-19(27)21(28)26-14-16-8-10-17(11-9-16)20(24)25;;/h1-3,5-6,8-11,18-19H,4,7,12-14,23H2,(H3,24,25)(H,26,28);2*1H/t18-,19+;;/m1../s1. The van der Waals surface area contributed by atoms with Gasteiger partial charge in [0.1, 0.15) is 11.9 Å². The van der Waals surface area contributed by atoms with Gasteiger partial charge in [-0.3, -0.25) is 15.0 Å². The summed E-state index contributed by atoms with van der Waals surface area (Å²) >= 11 is 0. The second-order valence-electron chi connectivity index (χ2n) is 7.31. The molecule has 7 nitrogen and oxygen atoms in total. The average Bonchev–Trinajstić information content (AvgIpc) is 3.22. The molecule has 0 radical (unpaired) electrons. The van der Waals surface area contributed by atoms with Crippen LogP contribution in [0.3, 0.4) is 0 Å². The van der Waals surface area contributed by atoms with Crippen LogP contribution in [0.4, 0.5) is 0 Å². The van der Waals surface area contributed by atoms with Crippen LogP contribution in [0.25, 0.3) is 0 Å². The van der Waals surface area contributed by atoms with E-state index in [1.54, 1.807) is 17.0 Å². The van der Waals surface area contributed by atoms with E-state index in [1.807, 2.05) is 42.5 Å². The van der Waals surface area contributed by atoms with E-state index in [-0.39, 0.29) is 42.5 Å². The van der Waals surface area contributed by atoms with Crippen molar-refractivity contribution in [2.24, 2.45) is 11.5 Å². The first-order chi connectivity index (χ1) is 14.0. The smallest absolute Gasteiger partial charge is 0.243 e. The SMILES string of the molecule is Cl.Cl.N=C(N)c1ccc(CNC(=O)[C@@H]2CCCN2C(=O)[C@H](N)Cc2ccccc2)cc1. The number of halogens is 2. The summed E-state index contributed by atoms with van der Waals surface area (Å²) in [5, 5.41) is 10.3. The fourth-order valence-corrected chi connectivity index (χ4v) is 3.58. The van der Waals surface area contributed by atoms with Gasteiger partial charge in [0.25, 0.3) is 0 Å². The molecule has 0 spiro atoms. The molecule has 1 aliphatic rings. The minimum absolute atomic E-state index is 0. The van der Waals surface area contributed by atoms with Crippen LogP contribution in [-0.4, -0.2) is 41.2 Å². The Bertz CT molecular complexity index is 877. The van der Waals surface area contributed by atoms with E-state index in [0.29, 0.717) is 31.5 Å². The average molecular weight is 466 g/mol. The number of hydrogen-bond donors (Lipinski definition) is 4. The molecule has 0 saturated carbocycles. The summed E-state index contributed by atoms with van der Waals surface area (Å²) in [4.78, 5) is 27.1. The zero-order chi connectivity index (χ0) is 20.8. The van der Waals surface area contributed by atoms with Gasteiger partial charge in [-0.05, 0) is 30.4 Å². The van der Waals surface area contributed by atoms with Gasteiger partial charge in [0.15, 0.2) is 0 Å². The first kappa shape index (κ1) is 26.4. The Labute approximate surface area is 194 Å². The molecule has 0 bridgehead atoms. The predicted molar refractivity (Wildman–Crippen MR) is 127 cm³/mol. The maximum atomic E-state index is 12.8. The number of nitrogens with two attached hydrogens (primary N) is 2. The number of carbonyl (C=O) groups is 2. The summed E-state index contributed by atoms with van der Waals surface area (Å²) in [5.41, 5.74) is 14.1. The van der Waals surface area contributed by atoms with Crippen molar-refractivity contribution in [1.29, 1.82) is 5.41 Å². The van der Waals surface area contributed by atoms with Crippen LogP contribution in [0.2, 0.25) is 0 Å². The number of amides is 2. The lowest BCUT2D eigenvalue weighted by molar-refractivity contribution is -0.139. The van der Waals surface area contributed by atoms with E-state index >= 15 is 0 Å². The number of amidine groups is 1. The molecule has 2 aromatic carbocycles. The molecule has 2 amide bonds. The van der Waals surface area contributed by atoms with Gasteiger partial charge in [0.2, 0.25) is 11.8 Å². The van der Waals surface area contributed by atoms with Gasteiger partial charge >= 0.3 is 0 Å². The van der Waals surface area contributed by atoms with Crippen molar-refractivity contribution in [2.75, 3.05) is 6.54 Å². The highest BCUT2D eigenvalue weighted by Gasteiger charge is 2.35. The van der Waals surface area contributed by atoms with Crippen molar-refractivity contribution >= 4 is 42.5 Å². The van der Waals surface area contributed by atoms with Crippen LogP contribution in [0, 0.1) is 5.41 Å². The van der Waals surface area contributed by atoms with E-state index in [4.69, 9.17) is 16.9 Å². The van der Waals surface area contributed by atoms with Crippen molar-refractivity contribution < 1.29 is 9.59 Å². The summed E-state index contributed by atoms with van der Waals surface area (Å²) in [6.07, 6.45) is 1.88. The van der Waals surface area contributed by atoms with Gasteiger partial charge in [-0.25, -0.2) is 0 Å². The highest BCUT2D eigenvalue weighted by Crippen LogP contribution is 2.19. The highest BCUT2D eigenvalue weighted by atomic mass is 35.5. The molecular formula is C22H29Cl2N5O2. The lowest BCUT2D eigenvalue weighted by Gasteiger charge is -2.26. The number of benzene rings is 2. The van der Waals surface area contributed by atoms with E-state index in [1.165, 1.54) is 0 Å². The Morgan fingerprint density at radius 2 is 1.71 bits per heavy atom. The van der Waals surface area contributed by atoms with E-state index in [0.717, 1.165) is 17.5 Å². The first-order valence-electron chi connectivity index (χ1n) is 9.76. The van der Waals surface area contributed by atoms with Crippen molar-refractivity contribution in [1.82, 2.24) is 10.2 Å². The van der Waals surface area contributed by atoms with Crippen molar-refractivity contribution in [3.8, 4) is 0 Å². The molecule has 1 heterocycles. The monoisotopic (exact) mass is 465 g/mol. The molecule has 2 aromatic rings. The number of carbonyl (C=O) groups excluding carboxylic acids is 2. The van der Waals surface area contributed by atoms with Gasteiger partial charge in [0, 0.05) is 18.7 Å². The third-order valence-corrected chi connectivity index (χ3v) is 5.19. The van der Waals surface area contributed by atoms with Crippen molar-refractivity contribution in [3.63, 3.8) is 0 Å². The van der Waals surface area contributed by atoms with Gasteiger partial charge < -0.3 is 21.7 Å². The summed E-state index contributed by atoms with van der Waals surface area (Å²) < 4.78 is 0. The van der Waals surface area contributed by atoms with Crippen LogP contribution in [0.5, 0.6) is 0 Å². The third kappa shape index (κ3) is 6.95. The summed E-state index contributed by atoms with van der Waals surface area (Å²) in [6, 6.07) is 15.6.